The van der Waals surface area contributed by atoms with E-state index in [4.69, 9.17) is 14.7 Å². The van der Waals surface area contributed by atoms with Crippen LogP contribution in [0, 0.1) is 0 Å². The average Bonchev–Trinajstić information content (AvgIpc) is 3.24. The van der Waals surface area contributed by atoms with Gasteiger partial charge in [-0.2, -0.15) is 4.98 Å². The van der Waals surface area contributed by atoms with Gasteiger partial charge in [-0.1, -0.05) is 29.4 Å². The lowest BCUT2D eigenvalue weighted by Gasteiger charge is -2.05. The third kappa shape index (κ3) is 2.06. The van der Waals surface area contributed by atoms with Crippen LogP contribution in [0.2, 0.25) is 0 Å². The molecular weight excluding hydrogens is 266 g/mol. The number of nitrogens with zero attached hydrogens (tertiary/aromatic N) is 2. The molecule has 0 saturated heterocycles. The van der Waals surface area contributed by atoms with E-state index in [1.807, 2.05) is 12.1 Å². The Bertz CT molecular complexity index is 775. The molecule has 0 saturated carbocycles. The van der Waals surface area contributed by atoms with Gasteiger partial charge in [0.1, 0.15) is 5.76 Å². The van der Waals surface area contributed by atoms with Gasteiger partial charge in [-0.25, -0.2) is 0 Å². The molecule has 2 N–H and O–H groups in total. The number of aromatic nitrogens is 2. The lowest BCUT2D eigenvalue weighted by atomic mass is 10.0. The van der Waals surface area contributed by atoms with E-state index in [-0.39, 0.29) is 5.92 Å². The first-order valence-corrected chi connectivity index (χ1v) is 7.05. The van der Waals surface area contributed by atoms with E-state index < -0.39 is 0 Å². The molecule has 0 spiro atoms. The van der Waals surface area contributed by atoms with E-state index in [0.29, 0.717) is 24.0 Å². The third-order valence-electron chi connectivity index (χ3n) is 3.96. The smallest absolute Gasteiger partial charge is 0.293 e. The van der Waals surface area contributed by atoms with Crippen LogP contribution in [0.5, 0.6) is 0 Å². The van der Waals surface area contributed by atoms with Gasteiger partial charge in [0.05, 0.1) is 6.54 Å². The van der Waals surface area contributed by atoms with Crippen LogP contribution < -0.4 is 5.73 Å². The number of furan rings is 1. The zero-order valence-corrected chi connectivity index (χ0v) is 11.5. The number of rotatable bonds is 3. The third-order valence-corrected chi connectivity index (χ3v) is 3.96. The highest BCUT2D eigenvalue weighted by atomic mass is 16.5. The number of nitrogens with two attached hydrogens (primary N) is 1. The average molecular weight is 281 g/mol. The fourth-order valence-electron chi connectivity index (χ4n) is 2.90. The Morgan fingerprint density at radius 3 is 2.95 bits per heavy atom. The van der Waals surface area contributed by atoms with Crippen molar-refractivity contribution in [3.8, 4) is 11.7 Å². The van der Waals surface area contributed by atoms with Crippen molar-refractivity contribution in [2.75, 3.05) is 0 Å². The SMILES string of the molecule is NCc1ccc(-c2nc(C3CCc4ccccc43)no2)o1. The molecular formula is C16H15N3O2. The van der Waals surface area contributed by atoms with Crippen LogP contribution in [0.15, 0.2) is 45.3 Å². The first-order valence-electron chi connectivity index (χ1n) is 7.05. The number of aryl methyl sites for hydroxylation is 1. The predicted octanol–water partition coefficient (Wildman–Crippen LogP) is 2.87. The molecule has 0 aliphatic heterocycles. The Kier molecular flexibility index (Phi) is 2.86. The zero-order chi connectivity index (χ0) is 14.2. The molecule has 0 bridgehead atoms. The van der Waals surface area contributed by atoms with Crippen molar-refractivity contribution in [2.45, 2.75) is 25.3 Å². The maximum atomic E-state index is 5.54. The minimum Gasteiger partial charge on any atom is -0.455 e. The summed E-state index contributed by atoms with van der Waals surface area (Å²) >= 11 is 0. The molecule has 21 heavy (non-hydrogen) atoms. The van der Waals surface area contributed by atoms with Crippen molar-refractivity contribution in [3.05, 3.63) is 59.1 Å². The zero-order valence-electron chi connectivity index (χ0n) is 11.5. The summed E-state index contributed by atoms with van der Waals surface area (Å²) in [5.41, 5.74) is 8.21. The normalized spacial score (nSPS) is 17.1. The van der Waals surface area contributed by atoms with Gasteiger partial charge in [0, 0.05) is 5.92 Å². The van der Waals surface area contributed by atoms with Gasteiger partial charge in [-0.15, -0.1) is 0 Å². The van der Waals surface area contributed by atoms with Gasteiger partial charge in [-0.05, 0) is 36.1 Å². The van der Waals surface area contributed by atoms with Gasteiger partial charge >= 0.3 is 0 Å². The lowest BCUT2D eigenvalue weighted by Crippen LogP contribution is -1.98. The molecule has 5 nitrogen and oxygen atoms in total. The number of hydrogen-bond donors (Lipinski definition) is 1. The first-order chi connectivity index (χ1) is 10.3. The summed E-state index contributed by atoms with van der Waals surface area (Å²) in [6, 6.07) is 12.1. The van der Waals surface area contributed by atoms with Crippen molar-refractivity contribution < 1.29 is 8.94 Å². The Morgan fingerprint density at radius 1 is 1.19 bits per heavy atom. The summed E-state index contributed by atoms with van der Waals surface area (Å²) in [6.07, 6.45) is 2.08. The van der Waals surface area contributed by atoms with E-state index in [1.54, 1.807) is 0 Å². The molecule has 2 heterocycles. The second-order valence-electron chi connectivity index (χ2n) is 5.22. The molecule has 0 fully saturated rings. The van der Waals surface area contributed by atoms with Gasteiger partial charge in [0.25, 0.3) is 5.89 Å². The molecule has 2 aromatic heterocycles. The largest absolute Gasteiger partial charge is 0.455 e. The molecule has 1 aliphatic rings. The van der Waals surface area contributed by atoms with E-state index >= 15 is 0 Å². The van der Waals surface area contributed by atoms with Gasteiger partial charge in [-0.3, -0.25) is 0 Å². The van der Waals surface area contributed by atoms with Crippen LogP contribution in [-0.2, 0) is 13.0 Å². The summed E-state index contributed by atoms with van der Waals surface area (Å²) in [5.74, 6) is 2.62. The standard InChI is InChI=1S/C16H15N3O2/c17-9-11-6-8-14(20-11)16-18-15(19-21-16)13-7-5-10-3-1-2-4-12(10)13/h1-4,6,8,13H,5,7,9,17H2. The molecule has 3 aromatic rings. The summed E-state index contributed by atoms with van der Waals surface area (Å²) in [7, 11) is 0. The fraction of sp³-hybridized carbons (Fsp3) is 0.250. The minimum absolute atomic E-state index is 0.211. The maximum Gasteiger partial charge on any atom is 0.293 e. The predicted molar refractivity (Wildman–Crippen MR) is 76.5 cm³/mol. The Balaban J connectivity index is 1.66. The topological polar surface area (TPSA) is 78.1 Å². The Morgan fingerprint density at radius 2 is 2.10 bits per heavy atom. The molecule has 0 radical (unpaired) electrons. The van der Waals surface area contributed by atoms with E-state index in [9.17, 15) is 0 Å². The van der Waals surface area contributed by atoms with Crippen molar-refractivity contribution >= 4 is 0 Å². The first kappa shape index (κ1) is 12.3. The van der Waals surface area contributed by atoms with Crippen molar-refractivity contribution in [1.29, 1.82) is 0 Å². The summed E-state index contributed by atoms with van der Waals surface area (Å²) in [5, 5.41) is 4.13. The molecule has 0 amide bonds. The molecule has 1 aromatic carbocycles. The molecule has 1 unspecified atom stereocenters. The van der Waals surface area contributed by atoms with E-state index in [1.165, 1.54) is 11.1 Å². The quantitative estimate of drug-likeness (QED) is 0.798. The Hall–Kier alpha value is -2.40. The van der Waals surface area contributed by atoms with Crippen molar-refractivity contribution in [1.82, 2.24) is 10.1 Å². The van der Waals surface area contributed by atoms with Gasteiger partial charge < -0.3 is 14.7 Å². The van der Waals surface area contributed by atoms with E-state index in [0.717, 1.165) is 18.7 Å². The van der Waals surface area contributed by atoms with Gasteiger partial charge in [0.2, 0.25) is 0 Å². The fourth-order valence-corrected chi connectivity index (χ4v) is 2.90. The van der Waals surface area contributed by atoms with Crippen molar-refractivity contribution in [3.63, 3.8) is 0 Å². The summed E-state index contributed by atoms with van der Waals surface area (Å²) in [4.78, 5) is 4.50. The van der Waals surface area contributed by atoms with Crippen LogP contribution >= 0.6 is 0 Å². The second kappa shape index (κ2) is 4.86. The monoisotopic (exact) mass is 281 g/mol. The van der Waals surface area contributed by atoms with Crippen LogP contribution in [0.25, 0.3) is 11.7 Å². The van der Waals surface area contributed by atoms with Crippen LogP contribution in [0.3, 0.4) is 0 Å². The number of benzene rings is 1. The second-order valence-corrected chi connectivity index (χ2v) is 5.22. The number of fused-ring (bicyclic) bond motifs is 1. The molecule has 5 heteroatoms. The highest BCUT2D eigenvalue weighted by Crippen LogP contribution is 2.37. The molecule has 1 aliphatic carbocycles. The Labute approximate surface area is 121 Å². The highest BCUT2D eigenvalue weighted by molar-refractivity contribution is 5.45. The highest BCUT2D eigenvalue weighted by Gasteiger charge is 2.28. The van der Waals surface area contributed by atoms with Crippen LogP contribution in [-0.4, -0.2) is 10.1 Å². The molecule has 4 rings (SSSR count). The van der Waals surface area contributed by atoms with Crippen molar-refractivity contribution in [2.24, 2.45) is 5.73 Å². The molecule has 1 atom stereocenters. The molecule has 106 valence electrons. The van der Waals surface area contributed by atoms with E-state index in [2.05, 4.69) is 34.4 Å². The van der Waals surface area contributed by atoms with Crippen LogP contribution in [0.1, 0.15) is 35.1 Å². The summed E-state index contributed by atoms with van der Waals surface area (Å²) in [6.45, 7) is 0.358. The van der Waals surface area contributed by atoms with Crippen LogP contribution in [0.4, 0.5) is 0 Å². The minimum atomic E-state index is 0.211. The number of hydrogen-bond acceptors (Lipinski definition) is 5. The maximum absolute atomic E-state index is 5.54. The lowest BCUT2D eigenvalue weighted by molar-refractivity contribution is 0.402. The summed E-state index contributed by atoms with van der Waals surface area (Å²) < 4.78 is 10.9. The van der Waals surface area contributed by atoms with Gasteiger partial charge in [0.15, 0.2) is 11.6 Å².